The van der Waals surface area contributed by atoms with E-state index in [1.54, 1.807) is 18.8 Å². The molecule has 2 aliphatic rings. The number of rotatable bonds is 3. The Balaban J connectivity index is 1.70. The van der Waals surface area contributed by atoms with Crippen LogP contribution < -0.4 is 10.6 Å². The molecule has 0 radical (unpaired) electrons. The van der Waals surface area contributed by atoms with Crippen LogP contribution >= 0.6 is 0 Å². The van der Waals surface area contributed by atoms with Crippen LogP contribution in [0.4, 0.5) is 0 Å². The maximum absolute atomic E-state index is 12.4. The average Bonchev–Trinajstić information content (AvgIpc) is 3.02. The summed E-state index contributed by atoms with van der Waals surface area (Å²) < 4.78 is 0. The van der Waals surface area contributed by atoms with Crippen molar-refractivity contribution in [1.29, 1.82) is 0 Å². The van der Waals surface area contributed by atoms with Crippen molar-refractivity contribution in [2.45, 2.75) is 38.3 Å². The van der Waals surface area contributed by atoms with E-state index in [1.807, 2.05) is 30.7 Å². The zero-order valence-corrected chi connectivity index (χ0v) is 14.5. The molecule has 1 saturated heterocycles. The van der Waals surface area contributed by atoms with Gasteiger partial charge < -0.3 is 15.6 Å². The molecule has 1 aliphatic carbocycles. The minimum absolute atomic E-state index is 0.138. The van der Waals surface area contributed by atoms with Gasteiger partial charge in [0, 0.05) is 0 Å². The van der Waals surface area contributed by atoms with Crippen molar-refractivity contribution in [2.75, 3.05) is 0 Å². The van der Waals surface area contributed by atoms with Gasteiger partial charge in [0.25, 0.3) is 0 Å². The Labute approximate surface area is 147 Å². The number of H-pyrrole nitrogens is 1. The Bertz CT molecular complexity index is 765. The van der Waals surface area contributed by atoms with Crippen molar-refractivity contribution in [3.63, 3.8) is 0 Å². The number of nitrogens with one attached hydrogen (secondary N) is 3. The van der Waals surface area contributed by atoms with Crippen molar-refractivity contribution < 1.29 is 9.59 Å². The zero-order valence-electron chi connectivity index (χ0n) is 14.5. The lowest BCUT2D eigenvalue weighted by Gasteiger charge is -2.34. The summed E-state index contributed by atoms with van der Waals surface area (Å²) in [6.45, 7) is 6.17. The number of nitrogens with zero attached hydrogens (tertiary/aromatic N) is 1. The molecular formula is C19H22N4O2-2. The highest BCUT2D eigenvalue weighted by molar-refractivity contribution is 5.99. The third-order valence-electron chi connectivity index (χ3n) is 4.06. The fourth-order valence-corrected chi connectivity index (χ4v) is 2.80. The van der Waals surface area contributed by atoms with Gasteiger partial charge in [-0.05, 0) is 0 Å². The first-order valence-electron chi connectivity index (χ1n) is 8.24. The Morgan fingerprint density at radius 2 is 2.00 bits per heavy atom. The molecule has 3 N–H and O–H groups in total. The van der Waals surface area contributed by atoms with Gasteiger partial charge in [-0.1, -0.05) is 31.9 Å². The monoisotopic (exact) mass is 338 g/mol. The summed E-state index contributed by atoms with van der Waals surface area (Å²) in [7, 11) is 0. The highest BCUT2D eigenvalue weighted by atomic mass is 16.2. The number of piperazine rings is 1. The SMILES string of the molecule is CC(C)(C)c1[nH]cnc1[CH-]C1NC(=O)C(/C=C2/C=CC=C[CH-]2)NC1=O. The number of carbonyl (C=O) groups is 2. The van der Waals surface area contributed by atoms with Crippen molar-refractivity contribution in [2.24, 2.45) is 0 Å². The molecule has 3 rings (SSSR count). The maximum Gasteiger partial charge on any atom is 0.237 e. The van der Waals surface area contributed by atoms with E-state index in [1.165, 1.54) is 0 Å². The third-order valence-corrected chi connectivity index (χ3v) is 4.06. The van der Waals surface area contributed by atoms with Gasteiger partial charge in [-0.15, -0.1) is 42.5 Å². The minimum Gasteiger partial charge on any atom is -0.426 e. The normalized spacial score (nSPS) is 24.7. The Morgan fingerprint density at radius 3 is 2.68 bits per heavy atom. The van der Waals surface area contributed by atoms with Crippen LogP contribution in [0.25, 0.3) is 0 Å². The molecule has 0 saturated carbocycles. The van der Waals surface area contributed by atoms with Gasteiger partial charge in [0.05, 0.1) is 18.4 Å². The second-order valence-corrected chi connectivity index (χ2v) is 7.13. The van der Waals surface area contributed by atoms with Crippen LogP contribution in [-0.4, -0.2) is 33.9 Å². The summed E-state index contributed by atoms with van der Waals surface area (Å²) in [6.07, 6.45) is 14.5. The highest BCUT2D eigenvalue weighted by Gasteiger charge is 2.29. The molecule has 2 atom stereocenters. The molecule has 2 amide bonds. The number of carbonyl (C=O) groups excluding carboxylic acids is 2. The fraction of sp³-hybridized carbons (Fsp3) is 0.316. The number of imidazole rings is 1. The quantitative estimate of drug-likeness (QED) is 0.730. The standard InChI is InChI=1S/C19H22N4O2/c1-19(2,3)16-13(20-11-21-16)10-15-18(25)22-14(17(24)23-15)9-12-7-5-4-6-8-12/h4-11,14-15H,1-3H3,(H,20,21)(H,22,25)(H,23,24)/q-2. The van der Waals surface area contributed by atoms with Gasteiger partial charge in [-0.3, -0.25) is 14.6 Å². The summed E-state index contributed by atoms with van der Waals surface area (Å²) in [5, 5.41) is 5.52. The van der Waals surface area contributed by atoms with E-state index in [0.29, 0.717) is 5.69 Å². The summed E-state index contributed by atoms with van der Waals surface area (Å²) in [5.74, 6) is -0.489. The summed E-state index contributed by atoms with van der Waals surface area (Å²) >= 11 is 0. The van der Waals surface area contributed by atoms with Crippen LogP contribution in [-0.2, 0) is 15.0 Å². The zero-order chi connectivity index (χ0) is 18.0. The van der Waals surface area contributed by atoms with Crippen molar-refractivity contribution in [3.05, 3.63) is 66.5 Å². The van der Waals surface area contributed by atoms with Gasteiger partial charge in [0.1, 0.15) is 0 Å². The van der Waals surface area contributed by atoms with E-state index >= 15 is 0 Å². The number of hydrogen-bond acceptors (Lipinski definition) is 3. The number of amides is 2. The van der Waals surface area contributed by atoms with Crippen molar-refractivity contribution >= 4 is 11.8 Å². The smallest absolute Gasteiger partial charge is 0.237 e. The molecule has 1 aromatic rings. The number of allylic oxidation sites excluding steroid dienone is 5. The highest BCUT2D eigenvalue weighted by Crippen LogP contribution is 2.24. The molecule has 2 unspecified atom stereocenters. The lowest BCUT2D eigenvalue weighted by atomic mass is 9.89. The predicted octanol–water partition coefficient (Wildman–Crippen LogP) is 1.50. The maximum atomic E-state index is 12.4. The molecule has 1 aromatic heterocycles. The Hall–Kier alpha value is -2.89. The molecule has 132 valence electrons. The van der Waals surface area contributed by atoms with Crippen LogP contribution in [0, 0.1) is 12.8 Å². The largest absolute Gasteiger partial charge is 0.426 e. The minimum atomic E-state index is -0.739. The van der Waals surface area contributed by atoms with Crippen LogP contribution in [0.2, 0.25) is 0 Å². The first-order chi connectivity index (χ1) is 11.8. The average molecular weight is 338 g/mol. The molecule has 2 heterocycles. The van der Waals surface area contributed by atoms with Gasteiger partial charge in [0.2, 0.25) is 11.8 Å². The Kier molecular flexibility index (Phi) is 4.44. The lowest BCUT2D eigenvalue weighted by Crippen LogP contribution is -2.61. The molecule has 25 heavy (non-hydrogen) atoms. The van der Waals surface area contributed by atoms with Crippen LogP contribution in [0.15, 0.2) is 42.3 Å². The van der Waals surface area contributed by atoms with Gasteiger partial charge >= 0.3 is 0 Å². The van der Waals surface area contributed by atoms with Crippen molar-refractivity contribution in [1.82, 2.24) is 20.6 Å². The lowest BCUT2D eigenvalue weighted by molar-refractivity contribution is -0.134. The van der Waals surface area contributed by atoms with Crippen LogP contribution in [0.1, 0.15) is 32.2 Å². The van der Waals surface area contributed by atoms with E-state index in [9.17, 15) is 9.59 Å². The number of aromatic amines is 1. The first-order valence-corrected chi connectivity index (χ1v) is 8.24. The second-order valence-electron chi connectivity index (χ2n) is 7.13. The number of aromatic nitrogens is 2. The summed E-state index contributed by atoms with van der Waals surface area (Å²) in [4.78, 5) is 32.2. The Morgan fingerprint density at radius 1 is 1.20 bits per heavy atom. The fourth-order valence-electron chi connectivity index (χ4n) is 2.80. The third kappa shape index (κ3) is 3.79. The molecule has 1 fully saturated rings. The summed E-state index contributed by atoms with van der Waals surface area (Å²) in [6, 6.07) is -1.42. The molecular weight excluding hydrogens is 316 g/mol. The van der Waals surface area contributed by atoms with E-state index < -0.39 is 12.1 Å². The summed E-state index contributed by atoms with van der Waals surface area (Å²) in [5.41, 5.74) is 2.35. The van der Waals surface area contributed by atoms with Gasteiger partial charge in [0.15, 0.2) is 0 Å². The molecule has 6 nitrogen and oxygen atoms in total. The second kappa shape index (κ2) is 6.55. The molecule has 0 aromatic carbocycles. The van der Waals surface area contributed by atoms with Crippen LogP contribution in [0.3, 0.4) is 0 Å². The molecule has 0 spiro atoms. The van der Waals surface area contributed by atoms with E-state index in [2.05, 4.69) is 41.4 Å². The molecule has 1 aliphatic heterocycles. The van der Waals surface area contributed by atoms with Gasteiger partial charge in [-0.25, -0.2) is 0 Å². The van der Waals surface area contributed by atoms with Gasteiger partial charge in [-0.2, -0.15) is 12.0 Å². The van der Waals surface area contributed by atoms with Crippen molar-refractivity contribution in [3.8, 4) is 0 Å². The first kappa shape index (κ1) is 17.0. The molecule has 6 heteroatoms. The van der Waals surface area contributed by atoms with Crippen LogP contribution in [0.5, 0.6) is 0 Å². The molecule has 0 bridgehead atoms. The van der Waals surface area contributed by atoms with E-state index in [-0.39, 0.29) is 17.2 Å². The van der Waals surface area contributed by atoms with E-state index in [4.69, 9.17) is 0 Å². The van der Waals surface area contributed by atoms with E-state index in [0.717, 1.165) is 11.3 Å². The number of hydrogen-bond donors (Lipinski definition) is 3. The predicted molar refractivity (Wildman–Crippen MR) is 95.2 cm³/mol. The topological polar surface area (TPSA) is 86.9 Å².